The molecule has 3 aromatic carbocycles. The molecule has 0 bridgehead atoms. The number of rotatable bonds is 6. The average molecular weight is 509 g/mol. The molecule has 1 spiro atoms. The van der Waals surface area contributed by atoms with E-state index in [1.165, 1.54) is 30.4 Å². The lowest BCUT2D eigenvalue weighted by Gasteiger charge is -2.42. The molecule has 0 amide bonds. The lowest BCUT2D eigenvalue weighted by molar-refractivity contribution is 0.282. The van der Waals surface area contributed by atoms with Crippen molar-refractivity contribution in [2.24, 2.45) is 0 Å². The molecule has 0 radical (unpaired) electrons. The van der Waals surface area contributed by atoms with Crippen molar-refractivity contribution in [3.8, 4) is 17.0 Å². The van der Waals surface area contributed by atoms with Gasteiger partial charge in [-0.3, -0.25) is 9.36 Å². The molecule has 1 heterocycles. The minimum Gasteiger partial charge on any atom is -0.497 e. The molecule has 2 aliphatic carbocycles. The second-order valence-corrected chi connectivity index (χ2v) is 11.2. The fraction of sp³-hybridized carbons (Fsp3) is 0.312. The highest BCUT2D eigenvalue weighted by Crippen LogP contribution is 2.49. The maximum absolute atomic E-state index is 14.5. The van der Waals surface area contributed by atoms with Gasteiger partial charge >= 0.3 is 0 Å². The molecule has 5 heteroatoms. The quantitative estimate of drug-likeness (QED) is 0.207. The van der Waals surface area contributed by atoms with Gasteiger partial charge in [-0.05, 0) is 48.1 Å². The highest BCUT2D eigenvalue weighted by atomic mass is 32.2. The minimum absolute atomic E-state index is 0.115. The number of hydrogen-bond acceptors (Lipinski definition) is 4. The van der Waals surface area contributed by atoms with Crippen LogP contribution in [0.15, 0.2) is 88.8 Å². The highest BCUT2D eigenvalue weighted by molar-refractivity contribution is 7.98. The van der Waals surface area contributed by atoms with Gasteiger partial charge in [-0.2, -0.15) is 0 Å². The number of benzene rings is 3. The van der Waals surface area contributed by atoms with Crippen LogP contribution in [0.4, 0.5) is 0 Å². The third kappa shape index (κ3) is 4.61. The first-order chi connectivity index (χ1) is 18.2. The Morgan fingerprint density at radius 3 is 2.38 bits per heavy atom. The summed E-state index contributed by atoms with van der Waals surface area (Å²) < 4.78 is 7.28. The Morgan fingerprint density at radius 1 is 0.892 bits per heavy atom. The number of ether oxygens (including phenoxy) is 1. The van der Waals surface area contributed by atoms with Crippen molar-refractivity contribution in [1.82, 2.24) is 9.55 Å². The number of methoxy groups -OCH3 is 1. The molecule has 1 fully saturated rings. The van der Waals surface area contributed by atoms with Crippen LogP contribution in [0.5, 0.6) is 5.75 Å². The second-order valence-electron chi connectivity index (χ2n) is 10.3. The van der Waals surface area contributed by atoms with Gasteiger partial charge in [0.2, 0.25) is 0 Å². The van der Waals surface area contributed by atoms with Crippen LogP contribution in [-0.2, 0) is 24.1 Å². The molecule has 37 heavy (non-hydrogen) atoms. The Kier molecular flexibility index (Phi) is 6.64. The molecule has 1 aromatic heterocycles. The molecule has 0 unspecified atom stereocenters. The van der Waals surface area contributed by atoms with Crippen molar-refractivity contribution in [1.29, 1.82) is 0 Å². The van der Waals surface area contributed by atoms with Gasteiger partial charge in [-0.1, -0.05) is 97.8 Å². The monoisotopic (exact) mass is 508 g/mol. The number of aromatic nitrogens is 2. The number of fused-ring (bicyclic) bond motifs is 4. The van der Waals surface area contributed by atoms with E-state index in [9.17, 15) is 4.79 Å². The van der Waals surface area contributed by atoms with E-state index in [0.29, 0.717) is 6.54 Å². The van der Waals surface area contributed by atoms with Crippen LogP contribution in [0.2, 0.25) is 0 Å². The van der Waals surface area contributed by atoms with Gasteiger partial charge in [-0.25, -0.2) is 4.98 Å². The van der Waals surface area contributed by atoms with Gasteiger partial charge < -0.3 is 4.74 Å². The van der Waals surface area contributed by atoms with E-state index in [2.05, 4.69) is 48.5 Å². The Morgan fingerprint density at radius 2 is 1.62 bits per heavy atom. The lowest BCUT2D eigenvalue weighted by atomic mass is 9.62. The standard InChI is InChI=1S/C32H32N2O2S/c1-36-26-16-14-23(15-17-26)21-34-30(35)28-29(33-31(34)37-22-24-10-4-2-5-11-24)27-13-7-6-12-25(27)20-32(28)18-8-3-9-19-32/h2,4-7,10-17H,3,8-9,18-22H2,1H3. The molecule has 1 saturated carbocycles. The Balaban J connectivity index is 1.51. The van der Waals surface area contributed by atoms with E-state index in [4.69, 9.17) is 9.72 Å². The van der Waals surface area contributed by atoms with E-state index in [1.807, 2.05) is 34.9 Å². The smallest absolute Gasteiger partial charge is 0.258 e. The van der Waals surface area contributed by atoms with E-state index < -0.39 is 0 Å². The van der Waals surface area contributed by atoms with E-state index in [1.54, 1.807) is 18.9 Å². The van der Waals surface area contributed by atoms with E-state index >= 15 is 0 Å². The predicted octanol–water partition coefficient (Wildman–Crippen LogP) is 7.02. The molecule has 6 rings (SSSR count). The number of hydrogen-bond donors (Lipinski definition) is 0. The first-order valence-electron chi connectivity index (χ1n) is 13.2. The molecule has 0 saturated heterocycles. The van der Waals surface area contributed by atoms with Gasteiger partial charge in [0.15, 0.2) is 5.16 Å². The summed E-state index contributed by atoms with van der Waals surface area (Å²) in [7, 11) is 1.67. The largest absolute Gasteiger partial charge is 0.497 e. The highest BCUT2D eigenvalue weighted by Gasteiger charge is 2.43. The van der Waals surface area contributed by atoms with E-state index in [-0.39, 0.29) is 11.0 Å². The second kappa shape index (κ2) is 10.2. The van der Waals surface area contributed by atoms with Crippen LogP contribution in [-0.4, -0.2) is 16.7 Å². The van der Waals surface area contributed by atoms with Crippen LogP contribution >= 0.6 is 11.8 Å². The summed E-state index contributed by atoms with van der Waals surface area (Å²) in [5.41, 5.74) is 6.63. The molecule has 0 aliphatic heterocycles. The molecular formula is C32H32N2O2S. The van der Waals surface area contributed by atoms with Crippen LogP contribution in [0.25, 0.3) is 11.3 Å². The number of thioether (sulfide) groups is 1. The van der Waals surface area contributed by atoms with E-state index in [0.717, 1.165) is 58.3 Å². The Hall–Kier alpha value is -3.31. The summed E-state index contributed by atoms with van der Waals surface area (Å²) in [5.74, 6) is 1.58. The molecule has 4 nitrogen and oxygen atoms in total. The molecule has 188 valence electrons. The maximum Gasteiger partial charge on any atom is 0.258 e. The van der Waals surface area contributed by atoms with Crippen LogP contribution in [0.3, 0.4) is 0 Å². The third-order valence-electron chi connectivity index (χ3n) is 7.99. The molecule has 4 aromatic rings. The molecule has 0 atom stereocenters. The van der Waals surface area contributed by atoms with Crippen LogP contribution in [0, 0.1) is 0 Å². The van der Waals surface area contributed by atoms with Crippen LogP contribution in [0.1, 0.15) is 54.4 Å². The van der Waals surface area contributed by atoms with Gasteiger partial charge in [0.25, 0.3) is 5.56 Å². The number of nitrogens with zero attached hydrogens (tertiary/aromatic N) is 2. The summed E-state index contributed by atoms with van der Waals surface area (Å²) in [4.78, 5) is 19.9. The van der Waals surface area contributed by atoms with Crippen LogP contribution < -0.4 is 10.3 Å². The fourth-order valence-electron chi connectivity index (χ4n) is 6.11. The summed E-state index contributed by atoms with van der Waals surface area (Å²) in [6, 6.07) is 27.0. The topological polar surface area (TPSA) is 44.1 Å². The third-order valence-corrected chi connectivity index (χ3v) is 9.03. The van der Waals surface area contributed by atoms with Crippen molar-refractivity contribution in [3.05, 3.63) is 111 Å². The fourth-order valence-corrected chi connectivity index (χ4v) is 7.05. The Bertz CT molecular complexity index is 1450. The summed E-state index contributed by atoms with van der Waals surface area (Å²) in [6.45, 7) is 0.498. The van der Waals surface area contributed by atoms with Crippen molar-refractivity contribution in [2.75, 3.05) is 7.11 Å². The first kappa shape index (κ1) is 24.1. The molecule has 2 aliphatic rings. The van der Waals surface area contributed by atoms with Gasteiger partial charge in [0, 0.05) is 16.7 Å². The summed E-state index contributed by atoms with van der Waals surface area (Å²) in [6.07, 6.45) is 6.64. The van der Waals surface area contributed by atoms with Gasteiger partial charge in [-0.15, -0.1) is 0 Å². The van der Waals surface area contributed by atoms with Gasteiger partial charge in [0.1, 0.15) is 5.75 Å². The first-order valence-corrected chi connectivity index (χ1v) is 14.2. The van der Waals surface area contributed by atoms with Crippen molar-refractivity contribution in [2.45, 2.75) is 61.4 Å². The molecule has 0 N–H and O–H groups in total. The average Bonchev–Trinajstić information content (AvgIpc) is 2.95. The summed E-state index contributed by atoms with van der Waals surface area (Å²) >= 11 is 1.65. The van der Waals surface area contributed by atoms with Crippen molar-refractivity contribution < 1.29 is 4.74 Å². The minimum atomic E-state index is -0.115. The normalized spacial score (nSPS) is 15.7. The molecular weight excluding hydrogens is 476 g/mol. The predicted molar refractivity (Wildman–Crippen MR) is 150 cm³/mol. The Labute approximate surface area is 222 Å². The maximum atomic E-state index is 14.5. The van der Waals surface area contributed by atoms with Crippen molar-refractivity contribution in [3.63, 3.8) is 0 Å². The zero-order valence-corrected chi connectivity index (χ0v) is 22.1. The van der Waals surface area contributed by atoms with Gasteiger partial charge in [0.05, 0.1) is 24.9 Å². The zero-order valence-electron chi connectivity index (χ0n) is 21.3. The summed E-state index contributed by atoms with van der Waals surface area (Å²) in [5, 5.41) is 0.783. The zero-order chi connectivity index (χ0) is 25.2. The van der Waals surface area contributed by atoms with Crippen molar-refractivity contribution >= 4 is 11.8 Å². The lowest BCUT2D eigenvalue weighted by Crippen LogP contribution is -2.43. The SMILES string of the molecule is COc1ccc(Cn2c(SCc3ccccc3)nc3c(c2=O)C2(CCCCC2)Cc2ccccc2-3)cc1.